The number of piperidine rings is 1. The van der Waals surface area contributed by atoms with Gasteiger partial charge in [0, 0.05) is 6.54 Å². The van der Waals surface area contributed by atoms with E-state index in [4.69, 9.17) is 0 Å². The topological polar surface area (TPSA) is 23.5 Å². The Hall–Kier alpha value is -1.80. The highest BCUT2D eigenvalue weighted by atomic mass is 16.3. The zero-order valence-electron chi connectivity index (χ0n) is 16.0. The van der Waals surface area contributed by atoms with Crippen molar-refractivity contribution in [2.45, 2.75) is 45.4 Å². The predicted molar refractivity (Wildman–Crippen MR) is 108 cm³/mol. The smallest absolute Gasteiger partial charge is 0.115 e. The van der Waals surface area contributed by atoms with Crippen molar-refractivity contribution in [1.82, 2.24) is 4.90 Å². The van der Waals surface area contributed by atoms with E-state index >= 15 is 0 Å². The third-order valence-electron chi connectivity index (χ3n) is 6.39. The van der Waals surface area contributed by atoms with Crippen LogP contribution in [0, 0.1) is 18.8 Å². The number of phenols is 1. The molecule has 2 aliphatic rings. The lowest BCUT2D eigenvalue weighted by Gasteiger charge is -2.36. The quantitative estimate of drug-likeness (QED) is 0.860. The molecule has 1 atom stereocenters. The van der Waals surface area contributed by atoms with Crippen LogP contribution >= 0.6 is 0 Å². The number of fused-ring (bicyclic) bond motifs is 1. The summed E-state index contributed by atoms with van der Waals surface area (Å²) in [6.45, 7) is 5.93. The molecule has 0 spiro atoms. The summed E-state index contributed by atoms with van der Waals surface area (Å²) in [6, 6.07) is 15.0. The lowest BCUT2D eigenvalue weighted by molar-refractivity contribution is 0.155. The highest BCUT2D eigenvalue weighted by Crippen LogP contribution is 2.30. The van der Waals surface area contributed by atoms with E-state index in [0.29, 0.717) is 5.75 Å². The Morgan fingerprint density at radius 2 is 1.69 bits per heavy atom. The monoisotopic (exact) mass is 349 g/mol. The van der Waals surface area contributed by atoms with Crippen LogP contribution in [-0.4, -0.2) is 29.6 Å². The van der Waals surface area contributed by atoms with Crippen molar-refractivity contribution >= 4 is 0 Å². The van der Waals surface area contributed by atoms with Crippen LogP contribution in [0.4, 0.5) is 0 Å². The van der Waals surface area contributed by atoms with Crippen molar-refractivity contribution in [3.8, 4) is 5.75 Å². The van der Waals surface area contributed by atoms with Gasteiger partial charge in [0.1, 0.15) is 5.75 Å². The third kappa shape index (κ3) is 4.29. The lowest BCUT2D eigenvalue weighted by atomic mass is 9.83. The van der Waals surface area contributed by atoms with Gasteiger partial charge in [-0.25, -0.2) is 0 Å². The number of likely N-dealkylation sites (tertiary alicyclic amines) is 1. The molecule has 2 aromatic rings. The average Bonchev–Trinajstić information content (AvgIpc) is 2.65. The SMILES string of the molecule is Cc1ccc(CC2CCN(CC3CCc4cc(O)ccc4C3)CC2)cc1. The van der Waals surface area contributed by atoms with Gasteiger partial charge in [-0.05, 0) is 99.2 Å². The van der Waals surface area contributed by atoms with Crippen molar-refractivity contribution in [2.24, 2.45) is 11.8 Å². The van der Waals surface area contributed by atoms with Crippen LogP contribution in [-0.2, 0) is 19.3 Å². The standard InChI is InChI=1S/C24H31NO/c1-18-2-4-19(5-3-18)14-20-10-12-25(13-11-20)17-21-6-7-23-16-24(26)9-8-22(23)15-21/h2-5,8-9,16,20-21,26H,6-7,10-15,17H2,1H3. The molecule has 2 heteroatoms. The molecule has 1 aliphatic carbocycles. The van der Waals surface area contributed by atoms with Crippen molar-refractivity contribution in [2.75, 3.05) is 19.6 Å². The predicted octanol–water partition coefficient (Wildman–Crippen LogP) is 4.76. The molecule has 1 unspecified atom stereocenters. The molecule has 0 radical (unpaired) electrons. The average molecular weight is 350 g/mol. The number of phenolic OH excluding ortho intramolecular Hbond substituents is 1. The van der Waals surface area contributed by atoms with Gasteiger partial charge in [0.25, 0.3) is 0 Å². The number of nitrogens with zero attached hydrogens (tertiary/aromatic N) is 1. The highest BCUT2D eigenvalue weighted by molar-refractivity contribution is 5.36. The van der Waals surface area contributed by atoms with Gasteiger partial charge in [-0.3, -0.25) is 0 Å². The minimum atomic E-state index is 0.415. The van der Waals surface area contributed by atoms with Crippen molar-refractivity contribution in [3.63, 3.8) is 0 Å². The van der Waals surface area contributed by atoms with E-state index < -0.39 is 0 Å². The molecule has 1 saturated heterocycles. The lowest BCUT2D eigenvalue weighted by Crippen LogP contribution is -2.38. The molecule has 4 rings (SSSR count). The molecule has 26 heavy (non-hydrogen) atoms. The molecule has 0 saturated carbocycles. The Morgan fingerprint density at radius 1 is 0.923 bits per heavy atom. The van der Waals surface area contributed by atoms with Crippen molar-refractivity contribution < 1.29 is 5.11 Å². The second-order valence-corrected chi connectivity index (χ2v) is 8.50. The summed E-state index contributed by atoms with van der Waals surface area (Å²) in [6.07, 6.45) is 7.49. The van der Waals surface area contributed by atoms with Gasteiger partial charge in [0.15, 0.2) is 0 Å². The maximum atomic E-state index is 9.65. The molecule has 2 aromatic carbocycles. The summed E-state index contributed by atoms with van der Waals surface area (Å²) in [5.41, 5.74) is 5.67. The molecule has 0 bridgehead atoms. The van der Waals surface area contributed by atoms with E-state index in [1.165, 1.54) is 74.0 Å². The first-order chi connectivity index (χ1) is 12.7. The molecule has 1 heterocycles. The number of benzene rings is 2. The normalized spacial score (nSPS) is 21.5. The second kappa shape index (κ2) is 7.84. The summed E-state index contributed by atoms with van der Waals surface area (Å²) in [7, 11) is 0. The summed E-state index contributed by atoms with van der Waals surface area (Å²) in [4.78, 5) is 2.70. The van der Waals surface area contributed by atoms with E-state index in [1.54, 1.807) is 0 Å². The van der Waals surface area contributed by atoms with Gasteiger partial charge in [0.05, 0.1) is 0 Å². The fourth-order valence-corrected chi connectivity index (χ4v) is 4.77. The number of aryl methyl sites for hydroxylation is 2. The summed E-state index contributed by atoms with van der Waals surface area (Å²) < 4.78 is 0. The Morgan fingerprint density at radius 3 is 2.46 bits per heavy atom. The zero-order chi connectivity index (χ0) is 17.9. The van der Waals surface area contributed by atoms with E-state index in [1.807, 2.05) is 12.1 Å². The Labute approximate surface area is 157 Å². The van der Waals surface area contributed by atoms with E-state index in [2.05, 4.69) is 42.2 Å². The molecular weight excluding hydrogens is 318 g/mol. The fourth-order valence-electron chi connectivity index (χ4n) is 4.77. The Kier molecular flexibility index (Phi) is 5.31. The van der Waals surface area contributed by atoms with Gasteiger partial charge in [0.2, 0.25) is 0 Å². The largest absolute Gasteiger partial charge is 0.508 e. The van der Waals surface area contributed by atoms with E-state index in [0.717, 1.165) is 18.3 Å². The van der Waals surface area contributed by atoms with Crippen LogP contribution in [0.25, 0.3) is 0 Å². The molecule has 0 aromatic heterocycles. The molecular formula is C24H31NO. The van der Waals surface area contributed by atoms with Crippen LogP contribution in [0.15, 0.2) is 42.5 Å². The van der Waals surface area contributed by atoms with Gasteiger partial charge in [-0.2, -0.15) is 0 Å². The minimum absolute atomic E-state index is 0.415. The first-order valence-corrected chi connectivity index (χ1v) is 10.2. The van der Waals surface area contributed by atoms with Gasteiger partial charge < -0.3 is 10.0 Å². The second-order valence-electron chi connectivity index (χ2n) is 8.50. The summed E-state index contributed by atoms with van der Waals surface area (Å²) >= 11 is 0. The van der Waals surface area contributed by atoms with Crippen LogP contribution in [0.2, 0.25) is 0 Å². The minimum Gasteiger partial charge on any atom is -0.508 e. The fraction of sp³-hybridized carbons (Fsp3) is 0.500. The van der Waals surface area contributed by atoms with Crippen molar-refractivity contribution in [1.29, 1.82) is 0 Å². The van der Waals surface area contributed by atoms with Gasteiger partial charge in [-0.1, -0.05) is 35.9 Å². The molecule has 1 fully saturated rings. The molecule has 0 amide bonds. The van der Waals surface area contributed by atoms with Crippen LogP contribution < -0.4 is 0 Å². The molecule has 1 aliphatic heterocycles. The van der Waals surface area contributed by atoms with Crippen LogP contribution in [0.1, 0.15) is 41.5 Å². The molecule has 2 nitrogen and oxygen atoms in total. The summed E-state index contributed by atoms with van der Waals surface area (Å²) in [5.74, 6) is 2.04. The van der Waals surface area contributed by atoms with Gasteiger partial charge >= 0.3 is 0 Å². The summed E-state index contributed by atoms with van der Waals surface area (Å²) in [5, 5.41) is 9.65. The zero-order valence-corrected chi connectivity index (χ0v) is 16.0. The van der Waals surface area contributed by atoms with E-state index in [9.17, 15) is 5.11 Å². The number of hydrogen-bond acceptors (Lipinski definition) is 2. The maximum absolute atomic E-state index is 9.65. The third-order valence-corrected chi connectivity index (χ3v) is 6.39. The van der Waals surface area contributed by atoms with Crippen LogP contribution in [0.3, 0.4) is 0 Å². The Bertz CT molecular complexity index is 728. The highest BCUT2D eigenvalue weighted by Gasteiger charge is 2.24. The number of aromatic hydroxyl groups is 1. The maximum Gasteiger partial charge on any atom is 0.115 e. The Balaban J connectivity index is 1.25. The van der Waals surface area contributed by atoms with E-state index in [-0.39, 0.29) is 0 Å². The van der Waals surface area contributed by atoms with Gasteiger partial charge in [-0.15, -0.1) is 0 Å². The number of hydrogen-bond donors (Lipinski definition) is 1. The first kappa shape index (κ1) is 17.6. The molecule has 1 N–H and O–H groups in total. The number of rotatable bonds is 4. The van der Waals surface area contributed by atoms with Crippen molar-refractivity contribution in [3.05, 3.63) is 64.7 Å². The molecule has 138 valence electrons. The first-order valence-electron chi connectivity index (χ1n) is 10.2. The van der Waals surface area contributed by atoms with Crippen LogP contribution in [0.5, 0.6) is 5.75 Å².